The second kappa shape index (κ2) is 9.73. The molecular formula is C19H26BrN3O3. The normalized spacial score (nSPS) is 11.0. The fraction of sp³-hybridized carbons (Fsp3) is 0.474. The Morgan fingerprint density at radius 1 is 1.15 bits per heavy atom. The Labute approximate surface area is 163 Å². The van der Waals surface area contributed by atoms with Crippen molar-refractivity contribution >= 4 is 21.7 Å². The van der Waals surface area contributed by atoms with E-state index in [9.17, 15) is 0 Å². The molecule has 1 aromatic carbocycles. The van der Waals surface area contributed by atoms with Crippen LogP contribution in [0.4, 0.5) is 5.82 Å². The molecule has 0 spiro atoms. The van der Waals surface area contributed by atoms with Crippen LogP contribution < -0.4 is 15.2 Å². The summed E-state index contributed by atoms with van der Waals surface area (Å²) in [4.78, 5) is 9.07. The second-order valence-corrected chi connectivity index (χ2v) is 6.49. The number of rotatable bonds is 9. The van der Waals surface area contributed by atoms with E-state index in [1.54, 1.807) is 7.11 Å². The van der Waals surface area contributed by atoms with Crippen molar-refractivity contribution < 1.29 is 14.2 Å². The average molecular weight is 424 g/mol. The van der Waals surface area contributed by atoms with Gasteiger partial charge in [-0.3, -0.25) is 0 Å². The number of ether oxygens (including phenoxy) is 3. The van der Waals surface area contributed by atoms with Gasteiger partial charge in [0.2, 0.25) is 0 Å². The van der Waals surface area contributed by atoms with Crippen LogP contribution in [0.15, 0.2) is 22.8 Å². The Bertz CT molecular complexity index is 736. The Morgan fingerprint density at radius 3 is 2.50 bits per heavy atom. The van der Waals surface area contributed by atoms with Gasteiger partial charge in [0.05, 0.1) is 26.4 Å². The molecule has 2 aromatic rings. The Morgan fingerprint density at radius 2 is 1.88 bits per heavy atom. The van der Waals surface area contributed by atoms with Crippen LogP contribution in [-0.4, -0.2) is 29.8 Å². The first-order valence-electron chi connectivity index (χ1n) is 8.78. The van der Waals surface area contributed by atoms with Gasteiger partial charge < -0.3 is 19.9 Å². The summed E-state index contributed by atoms with van der Waals surface area (Å²) in [5, 5.41) is 0. The molecule has 0 unspecified atom stereocenters. The van der Waals surface area contributed by atoms with Crippen LogP contribution >= 0.6 is 15.9 Å². The monoisotopic (exact) mass is 423 g/mol. The topological polar surface area (TPSA) is 79.5 Å². The molecule has 6 nitrogen and oxygen atoms in total. The van der Waals surface area contributed by atoms with E-state index < -0.39 is 0 Å². The molecule has 0 aliphatic carbocycles. The maximum absolute atomic E-state index is 6.13. The van der Waals surface area contributed by atoms with Crippen molar-refractivity contribution in [3.63, 3.8) is 0 Å². The minimum atomic E-state index is 0.195. The lowest BCUT2D eigenvalue weighted by Crippen LogP contribution is -2.13. The number of nitrogen functional groups attached to an aromatic ring is 1. The molecule has 142 valence electrons. The minimum absolute atomic E-state index is 0.195. The smallest absolute Gasteiger partial charge is 0.148 e. The molecule has 26 heavy (non-hydrogen) atoms. The molecule has 1 heterocycles. The Balaban J connectivity index is 2.32. The van der Waals surface area contributed by atoms with E-state index in [0.29, 0.717) is 40.8 Å². The summed E-state index contributed by atoms with van der Waals surface area (Å²) in [5.41, 5.74) is 8.15. The van der Waals surface area contributed by atoms with Gasteiger partial charge in [0, 0.05) is 11.6 Å². The highest BCUT2D eigenvalue weighted by atomic mass is 79.9. The van der Waals surface area contributed by atoms with Crippen LogP contribution in [0.5, 0.6) is 11.5 Å². The van der Waals surface area contributed by atoms with E-state index in [0.717, 1.165) is 24.2 Å². The lowest BCUT2D eigenvalue weighted by Gasteiger charge is -2.16. The number of aromatic nitrogens is 2. The van der Waals surface area contributed by atoms with Gasteiger partial charge in [-0.25, -0.2) is 9.97 Å². The van der Waals surface area contributed by atoms with Gasteiger partial charge in [0.1, 0.15) is 33.3 Å². The number of nitrogens with zero attached hydrogens (tertiary/aromatic N) is 2. The van der Waals surface area contributed by atoms with Gasteiger partial charge in [0.15, 0.2) is 0 Å². The third-order valence-corrected chi connectivity index (χ3v) is 4.61. The van der Waals surface area contributed by atoms with Crippen LogP contribution in [-0.2, 0) is 11.3 Å². The van der Waals surface area contributed by atoms with Crippen molar-refractivity contribution in [2.24, 2.45) is 0 Å². The van der Waals surface area contributed by atoms with E-state index in [1.165, 1.54) is 0 Å². The number of halogens is 1. The van der Waals surface area contributed by atoms with Crippen LogP contribution in [0, 0.1) is 0 Å². The van der Waals surface area contributed by atoms with Crippen LogP contribution in [0.3, 0.4) is 0 Å². The number of methoxy groups -OCH3 is 1. The molecule has 7 heteroatoms. The van der Waals surface area contributed by atoms with E-state index in [4.69, 9.17) is 19.9 Å². The van der Waals surface area contributed by atoms with Crippen molar-refractivity contribution in [3.05, 3.63) is 28.5 Å². The summed E-state index contributed by atoms with van der Waals surface area (Å²) in [6.07, 6.45) is 2.10. The fourth-order valence-corrected chi connectivity index (χ4v) is 3.10. The Hall–Kier alpha value is -1.86. The maximum atomic E-state index is 6.13. The van der Waals surface area contributed by atoms with Crippen molar-refractivity contribution in [2.45, 2.75) is 46.3 Å². The highest BCUT2D eigenvalue weighted by Gasteiger charge is 2.17. The lowest BCUT2D eigenvalue weighted by molar-refractivity contribution is 0.0342. The summed E-state index contributed by atoms with van der Waals surface area (Å²) < 4.78 is 17.5. The number of hydrogen-bond acceptors (Lipinski definition) is 6. The molecule has 1 aromatic heterocycles. The third kappa shape index (κ3) is 4.86. The predicted octanol–water partition coefficient (Wildman–Crippen LogP) is 4.60. The quantitative estimate of drug-likeness (QED) is 0.634. The summed E-state index contributed by atoms with van der Waals surface area (Å²) in [6, 6.07) is 5.58. The van der Waals surface area contributed by atoms with Gasteiger partial charge in [-0.1, -0.05) is 13.8 Å². The van der Waals surface area contributed by atoms with Crippen molar-refractivity contribution in [1.29, 1.82) is 0 Å². The van der Waals surface area contributed by atoms with Crippen molar-refractivity contribution in [2.75, 3.05) is 19.5 Å². The van der Waals surface area contributed by atoms with Crippen LogP contribution in [0.25, 0.3) is 11.3 Å². The lowest BCUT2D eigenvalue weighted by atomic mass is 10.1. The minimum Gasteiger partial charge on any atom is -0.496 e. The third-order valence-electron chi connectivity index (χ3n) is 4.06. The number of hydrogen-bond donors (Lipinski definition) is 1. The largest absolute Gasteiger partial charge is 0.496 e. The average Bonchev–Trinajstić information content (AvgIpc) is 2.65. The van der Waals surface area contributed by atoms with E-state index in [-0.39, 0.29) is 6.10 Å². The molecule has 0 fully saturated rings. The summed E-state index contributed by atoms with van der Waals surface area (Å²) in [6.45, 7) is 7.06. The highest BCUT2D eigenvalue weighted by Crippen LogP contribution is 2.36. The predicted molar refractivity (Wildman–Crippen MR) is 106 cm³/mol. The van der Waals surface area contributed by atoms with Gasteiger partial charge in [-0.05, 0) is 47.8 Å². The van der Waals surface area contributed by atoms with Crippen molar-refractivity contribution in [3.8, 4) is 22.8 Å². The molecule has 0 saturated heterocycles. The van der Waals surface area contributed by atoms with Crippen molar-refractivity contribution in [1.82, 2.24) is 9.97 Å². The highest BCUT2D eigenvalue weighted by molar-refractivity contribution is 9.10. The molecule has 2 rings (SSSR count). The summed E-state index contributed by atoms with van der Waals surface area (Å²) in [7, 11) is 1.61. The molecule has 0 aliphatic rings. The van der Waals surface area contributed by atoms with E-state index >= 15 is 0 Å². The van der Waals surface area contributed by atoms with Gasteiger partial charge >= 0.3 is 0 Å². The molecule has 0 atom stereocenters. The zero-order chi connectivity index (χ0) is 19.1. The molecular weight excluding hydrogens is 398 g/mol. The van der Waals surface area contributed by atoms with Gasteiger partial charge in [-0.2, -0.15) is 0 Å². The first-order valence-corrected chi connectivity index (χ1v) is 9.57. The Kier molecular flexibility index (Phi) is 7.66. The maximum Gasteiger partial charge on any atom is 0.148 e. The van der Waals surface area contributed by atoms with E-state index in [2.05, 4.69) is 39.7 Å². The number of benzene rings is 1. The summed E-state index contributed by atoms with van der Waals surface area (Å²) in [5.74, 6) is 1.73. The zero-order valence-corrected chi connectivity index (χ0v) is 17.3. The molecule has 2 N–H and O–H groups in total. The first-order chi connectivity index (χ1) is 12.5. The first kappa shape index (κ1) is 20.5. The van der Waals surface area contributed by atoms with Gasteiger partial charge in [-0.15, -0.1) is 0 Å². The number of anilines is 1. The van der Waals surface area contributed by atoms with E-state index in [1.807, 2.05) is 25.1 Å². The molecule has 0 bridgehead atoms. The molecule has 0 aliphatic heterocycles. The number of nitrogens with two attached hydrogens (primary N) is 1. The SMILES string of the molecule is CCOc1ccc(-c2nc(N)c(COC(CC)CC)nc2Br)c(OC)c1. The van der Waals surface area contributed by atoms with Crippen LogP contribution in [0.1, 0.15) is 39.3 Å². The fourth-order valence-electron chi connectivity index (χ4n) is 2.58. The molecule has 0 saturated carbocycles. The summed E-state index contributed by atoms with van der Waals surface area (Å²) >= 11 is 3.50. The molecule has 0 radical (unpaired) electrons. The van der Waals surface area contributed by atoms with Crippen LogP contribution in [0.2, 0.25) is 0 Å². The van der Waals surface area contributed by atoms with Gasteiger partial charge in [0.25, 0.3) is 0 Å². The zero-order valence-electron chi connectivity index (χ0n) is 15.7. The second-order valence-electron chi connectivity index (χ2n) is 5.74. The molecule has 0 amide bonds. The standard InChI is InChI=1S/C19H26BrN3O3/c1-5-12(6-2)26-11-15-19(21)23-17(18(20)22-15)14-9-8-13(25-7-3)10-16(14)24-4/h8-10,12H,5-7,11H2,1-4H3,(H2,21,23).